The van der Waals surface area contributed by atoms with Gasteiger partial charge in [-0.15, -0.1) is 0 Å². The predicted octanol–water partition coefficient (Wildman–Crippen LogP) is 1.32. The van der Waals surface area contributed by atoms with Crippen LogP contribution in [-0.4, -0.2) is 24.1 Å². The molecule has 1 amide bonds. The van der Waals surface area contributed by atoms with E-state index < -0.39 is 17.9 Å². The first-order valence-corrected chi connectivity index (χ1v) is 5.56. The van der Waals surface area contributed by atoms with E-state index in [2.05, 4.69) is 15.2 Å². The fourth-order valence-electron chi connectivity index (χ4n) is 1.58. The van der Waals surface area contributed by atoms with Crippen LogP contribution in [0.2, 0.25) is 0 Å². The van der Waals surface area contributed by atoms with Crippen LogP contribution in [0.1, 0.15) is 22.2 Å². The summed E-state index contributed by atoms with van der Waals surface area (Å²) in [5.74, 6) is -1.05. The number of methoxy groups -OCH3 is 1. The van der Waals surface area contributed by atoms with Crippen molar-refractivity contribution in [2.45, 2.75) is 6.04 Å². The van der Waals surface area contributed by atoms with Crippen molar-refractivity contribution >= 4 is 11.9 Å². The highest BCUT2D eigenvalue weighted by Gasteiger charge is 2.25. The lowest BCUT2D eigenvalue weighted by Crippen LogP contribution is -2.34. The Labute approximate surface area is 109 Å². The molecule has 1 aromatic carbocycles. The zero-order valence-electron chi connectivity index (χ0n) is 10.2. The molecule has 6 heteroatoms. The molecule has 98 valence electrons. The number of benzene rings is 1. The van der Waals surface area contributed by atoms with Gasteiger partial charge in [-0.1, -0.05) is 35.5 Å². The second kappa shape index (κ2) is 5.81. The van der Waals surface area contributed by atoms with Gasteiger partial charge in [0.15, 0.2) is 6.04 Å². The molecule has 0 saturated carbocycles. The summed E-state index contributed by atoms with van der Waals surface area (Å²) in [6.45, 7) is 0. The van der Waals surface area contributed by atoms with E-state index in [9.17, 15) is 9.59 Å². The summed E-state index contributed by atoms with van der Waals surface area (Å²) in [7, 11) is 1.26. The van der Waals surface area contributed by atoms with Crippen LogP contribution in [0.3, 0.4) is 0 Å². The standard InChI is InChI=1S/C13H12N2O4/c1-18-13(17)11(9-5-3-2-4-6-9)15-12(16)10-7-8-14-19-10/h2-8,11H,1H3,(H,15,16). The van der Waals surface area contributed by atoms with Crippen molar-refractivity contribution in [2.75, 3.05) is 7.11 Å². The van der Waals surface area contributed by atoms with Gasteiger partial charge in [-0.3, -0.25) is 4.79 Å². The summed E-state index contributed by atoms with van der Waals surface area (Å²) in [4.78, 5) is 23.6. The average Bonchev–Trinajstić information content (AvgIpc) is 2.99. The fraction of sp³-hybridized carbons (Fsp3) is 0.154. The molecule has 1 N–H and O–H groups in total. The van der Waals surface area contributed by atoms with Crippen LogP contribution in [0.5, 0.6) is 0 Å². The molecule has 0 bridgehead atoms. The number of carbonyl (C=O) groups is 2. The highest BCUT2D eigenvalue weighted by molar-refractivity contribution is 5.94. The minimum absolute atomic E-state index is 0.0323. The van der Waals surface area contributed by atoms with Gasteiger partial charge in [0.25, 0.3) is 5.91 Å². The van der Waals surface area contributed by atoms with Gasteiger partial charge in [-0.25, -0.2) is 4.79 Å². The van der Waals surface area contributed by atoms with Gasteiger partial charge < -0.3 is 14.6 Å². The SMILES string of the molecule is COC(=O)C(NC(=O)c1ccno1)c1ccccc1. The zero-order chi connectivity index (χ0) is 13.7. The van der Waals surface area contributed by atoms with Crippen molar-refractivity contribution in [3.8, 4) is 0 Å². The second-order valence-electron chi connectivity index (χ2n) is 3.72. The first kappa shape index (κ1) is 12.8. The molecule has 0 aliphatic rings. The number of aromatic nitrogens is 1. The summed E-state index contributed by atoms with van der Waals surface area (Å²) in [5, 5.41) is 5.98. The Morgan fingerprint density at radius 1 is 1.26 bits per heavy atom. The van der Waals surface area contributed by atoms with Crippen molar-refractivity contribution in [2.24, 2.45) is 0 Å². The van der Waals surface area contributed by atoms with Gasteiger partial charge in [0.05, 0.1) is 13.3 Å². The summed E-state index contributed by atoms with van der Waals surface area (Å²) in [6, 6.07) is 9.33. The van der Waals surface area contributed by atoms with Gasteiger partial charge in [-0.2, -0.15) is 0 Å². The van der Waals surface area contributed by atoms with E-state index in [0.717, 1.165) is 0 Å². The van der Waals surface area contributed by atoms with Crippen molar-refractivity contribution in [1.29, 1.82) is 0 Å². The maximum Gasteiger partial charge on any atom is 0.333 e. The highest BCUT2D eigenvalue weighted by atomic mass is 16.5. The third-order valence-corrected chi connectivity index (χ3v) is 2.51. The normalized spacial score (nSPS) is 11.6. The first-order valence-electron chi connectivity index (χ1n) is 5.56. The van der Waals surface area contributed by atoms with Crippen molar-refractivity contribution in [3.05, 3.63) is 53.9 Å². The third-order valence-electron chi connectivity index (χ3n) is 2.51. The minimum atomic E-state index is -0.885. The molecule has 6 nitrogen and oxygen atoms in total. The molecule has 0 spiro atoms. The minimum Gasteiger partial charge on any atom is -0.467 e. The monoisotopic (exact) mass is 260 g/mol. The molecule has 19 heavy (non-hydrogen) atoms. The van der Waals surface area contributed by atoms with Gasteiger partial charge in [0.1, 0.15) is 0 Å². The number of hydrogen-bond donors (Lipinski definition) is 1. The number of nitrogens with zero attached hydrogens (tertiary/aromatic N) is 1. The van der Waals surface area contributed by atoms with Gasteiger partial charge >= 0.3 is 5.97 Å². The molecule has 0 aliphatic heterocycles. The Hall–Kier alpha value is -2.63. The summed E-state index contributed by atoms with van der Waals surface area (Å²) in [5.41, 5.74) is 0.627. The number of carbonyl (C=O) groups excluding carboxylic acids is 2. The van der Waals surface area contributed by atoms with E-state index in [0.29, 0.717) is 5.56 Å². The molecule has 2 rings (SSSR count). The van der Waals surface area contributed by atoms with E-state index in [4.69, 9.17) is 4.52 Å². The smallest absolute Gasteiger partial charge is 0.333 e. The van der Waals surface area contributed by atoms with E-state index >= 15 is 0 Å². The lowest BCUT2D eigenvalue weighted by Gasteiger charge is -2.15. The number of esters is 1. The largest absolute Gasteiger partial charge is 0.467 e. The van der Waals surface area contributed by atoms with Crippen LogP contribution in [0, 0.1) is 0 Å². The molecule has 0 aliphatic carbocycles. The molecule has 1 unspecified atom stereocenters. The maximum absolute atomic E-state index is 11.9. The topological polar surface area (TPSA) is 81.4 Å². The zero-order valence-corrected chi connectivity index (χ0v) is 10.2. The number of nitrogens with one attached hydrogen (secondary N) is 1. The second-order valence-corrected chi connectivity index (χ2v) is 3.72. The molecule has 0 fully saturated rings. The average molecular weight is 260 g/mol. The Kier molecular flexibility index (Phi) is 3.92. The van der Waals surface area contributed by atoms with Crippen LogP contribution in [0.15, 0.2) is 47.1 Å². The van der Waals surface area contributed by atoms with Crippen molar-refractivity contribution < 1.29 is 18.8 Å². The van der Waals surface area contributed by atoms with E-state index in [1.165, 1.54) is 19.4 Å². The van der Waals surface area contributed by atoms with E-state index in [-0.39, 0.29) is 5.76 Å². The van der Waals surface area contributed by atoms with Gasteiger partial charge in [0, 0.05) is 6.07 Å². The maximum atomic E-state index is 11.9. The molecule has 0 radical (unpaired) electrons. The Morgan fingerprint density at radius 2 is 2.00 bits per heavy atom. The van der Waals surface area contributed by atoms with Gasteiger partial charge in [0.2, 0.25) is 5.76 Å². The van der Waals surface area contributed by atoms with E-state index in [1.54, 1.807) is 24.3 Å². The van der Waals surface area contributed by atoms with Crippen molar-refractivity contribution in [1.82, 2.24) is 10.5 Å². The number of ether oxygens (including phenoxy) is 1. The lowest BCUT2D eigenvalue weighted by molar-refractivity contribution is -0.143. The predicted molar refractivity (Wildman–Crippen MR) is 65.2 cm³/mol. The van der Waals surface area contributed by atoms with E-state index in [1.807, 2.05) is 6.07 Å². The molecule has 1 heterocycles. The summed E-state index contributed by atoms with van der Waals surface area (Å²) < 4.78 is 9.42. The summed E-state index contributed by atoms with van der Waals surface area (Å²) in [6.07, 6.45) is 1.35. The Morgan fingerprint density at radius 3 is 2.58 bits per heavy atom. The molecule has 0 saturated heterocycles. The summed E-state index contributed by atoms with van der Waals surface area (Å²) >= 11 is 0. The van der Waals surface area contributed by atoms with Crippen LogP contribution in [0.25, 0.3) is 0 Å². The number of hydrogen-bond acceptors (Lipinski definition) is 5. The fourth-order valence-corrected chi connectivity index (χ4v) is 1.58. The molecular weight excluding hydrogens is 248 g/mol. The molecule has 1 aromatic heterocycles. The number of rotatable bonds is 4. The Bertz CT molecular complexity index is 551. The molecule has 2 aromatic rings. The Balaban J connectivity index is 2.20. The van der Waals surface area contributed by atoms with Crippen LogP contribution >= 0.6 is 0 Å². The highest BCUT2D eigenvalue weighted by Crippen LogP contribution is 2.15. The van der Waals surface area contributed by atoms with Crippen molar-refractivity contribution in [3.63, 3.8) is 0 Å². The van der Waals surface area contributed by atoms with Crippen LogP contribution in [0.4, 0.5) is 0 Å². The molecule has 1 atom stereocenters. The first-order chi connectivity index (χ1) is 9.22. The quantitative estimate of drug-likeness (QED) is 0.838. The molecular formula is C13H12N2O4. The lowest BCUT2D eigenvalue weighted by atomic mass is 10.1. The van der Waals surface area contributed by atoms with Gasteiger partial charge in [-0.05, 0) is 5.56 Å². The third kappa shape index (κ3) is 2.98. The van der Waals surface area contributed by atoms with Crippen LogP contribution < -0.4 is 5.32 Å². The van der Waals surface area contributed by atoms with Crippen LogP contribution in [-0.2, 0) is 9.53 Å². The number of amides is 1.